The Balaban J connectivity index is 1.87. The molecule has 1 saturated heterocycles. The van der Waals surface area contributed by atoms with Crippen LogP contribution in [-0.2, 0) is 0 Å². The quantitative estimate of drug-likeness (QED) is 0.807. The number of hydrogen-bond acceptors (Lipinski definition) is 3. The first-order valence-electron chi connectivity index (χ1n) is 8.42. The Labute approximate surface area is 126 Å². The van der Waals surface area contributed by atoms with Crippen LogP contribution in [0.4, 0.5) is 0 Å². The zero-order chi connectivity index (χ0) is 14.8. The zero-order valence-corrected chi connectivity index (χ0v) is 14.3. The van der Waals surface area contributed by atoms with Gasteiger partial charge in [0.1, 0.15) is 0 Å². The second-order valence-corrected chi connectivity index (χ2v) is 8.18. The Kier molecular flexibility index (Phi) is 5.14. The molecule has 1 unspecified atom stereocenters. The fourth-order valence-corrected chi connectivity index (χ4v) is 4.23. The van der Waals surface area contributed by atoms with Crippen LogP contribution in [0.1, 0.15) is 46.0 Å². The maximum Gasteiger partial charge on any atom is 0.0330 e. The number of piperidine rings is 1. The Bertz CT molecular complexity index is 301. The minimum atomic E-state index is 0.416. The molecule has 1 aliphatic carbocycles. The van der Waals surface area contributed by atoms with Crippen LogP contribution in [-0.4, -0.2) is 62.7 Å². The van der Waals surface area contributed by atoms with E-state index < -0.39 is 0 Å². The largest absolute Gasteiger partial charge is 0.316 e. The predicted octanol–water partition coefficient (Wildman–Crippen LogP) is 2.43. The van der Waals surface area contributed by atoms with Gasteiger partial charge in [-0.2, -0.15) is 0 Å². The fourth-order valence-electron chi connectivity index (χ4n) is 4.23. The average molecular weight is 281 g/mol. The number of nitrogens with zero attached hydrogens (tertiary/aromatic N) is 2. The van der Waals surface area contributed by atoms with Crippen molar-refractivity contribution in [2.24, 2.45) is 11.3 Å². The molecule has 3 heteroatoms. The molecule has 0 aromatic heterocycles. The van der Waals surface area contributed by atoms with Gasteiger partial charge in [0.2, 0.25) is 0 Å². The summed E-state index contributed by atoms with van der Waals surface area (Å²) in [5, 5.41) is 3.58. The highest BCUT2D eigenvalue weighted by molar-refractivity contribution is 4.98. The molecule has 0 radical (unpaired) electrons. The number of nitrogens with one attached hydrogen (secondary N) is 1. The third-order valence-electron chi connectivity index (χ3n) is 5.88. The van der Waals surface area contributed by atoms with E-state index in [1.54, 1.807) is 0 Å². The number of likely N-dealkylation sites (N-methyl/N-ethyl adjacent to an activating group) is 2. The SMILES string of the molecule is CN(CC(C)(C)C1CCCNC1)CC1(N(C)C)CCC1. The lowest BCUT2D eigenvalue weighted by Crippen LogP contribution is -2.58. The predicted molar refractivity (Wildman–Crippen MR) is 87.1 cm³/mol. The molecule has 2 fully saturated rings. The maximum atomic E-state index is 3.58. The van der Waals surface area contributed by atoms with Crippen molar-refractivity contribution in [2.75, 3.05) is 47.3 Å². The van der Waals surface area contributed by atoms with Gasteiger partial charge in [0.05, 0.1) is 0 Å². The van der Waals surface area contributed by atoms with E-state index in [2.05, 4.69) is 50.1 Å². The van der Waals surface area contributed by atoms with E-state index in [4.69, 9.17) is 0 Å². The summed E-state index contributed by atoms with van der Waals surface area (Å²) < 4.78 is 0. The molecule has 1 N–H and O–H groups in total. The van der Waals surface area contributed by atoms with Gasteiger partial charge in [0.15, 0.2) is 0 Å². The third-order valence-corrected chi connectivity index (χ3v) is 5.88. The van der Waals surface area contributed by atoms with Crippen LogP contribution in [0.15, 0.2) is 0 Å². The van der Waals surface area contributed by atoms with Crippen molar-refractivity contribution in [1.82, 2.24) is 15.1 Å². The highest BCUT2D eigenvalue weighted by atomic mass is 15.2. The Morgan fingerprint density at radius 1 is 1.15 bits per heavy atom. The lowest BCUT2D eigenvalue weighted by atomic mass is 9.73. The molecule has 1 saturated carbocycles. The van der Waals surface area contributed by atoms with Crippen LogP contribution in [0.3, 0.4) is 0 Å². The van der Waals surface area contributed by atoms with Gasteiger partial charge in [-0.15, -0.1) is 0 Å². The normalized spacial score (nSPS) is 26.9. The Hall–Kier alpha value is -0.120. The van der Waals surface area contributed by atoms with Crippen LogP contribution >= 0.6 is 0 Å². The summed E-state index contributed by atoms with van der Waals surface area (Å²) in [7, 11) is 6.83. The monoisotopic (exact) mass is 281 g/mol. The molecule has 1 aliphatic heterocycles. The zero-order valence-electron chi connectivity index (χ0n) is 14.3. The van der Waals surface area contributed by atoms with Gasteiger partial charge < -0.3 is 15.1 Å². The molecule has 20 heavy (non-hydrogen) atoms. The standard InChI is InChI=1S/C17H35N3/c1-16(2,15-8-6-11-18-12-15)13-20(5)14-17(19(3)4)9-7-10-17/h15,18H,6-14H2,1-5H3. The average Bonchev–Trinajstić information content (AvgIpc) is 2.34. The minimum absolute atomic E-state index is 0.416. The number of hydrogen-bond donors (Lipinski definition) is 1. The summed E-state index contributed by atoms with van der Waals surface area (Å²) in [5.41, 5.74) is 0.870. The molecule has 2 rings (SSSR count). The highest BCUT2D eigenvalue weighted by Gasteiger charge is 2.41. The second kappa shape index (κ2) is 6.33. The summed E-state index contributed by atoms with van der Waals surface area (Å²) in [6.07, 6.45) is 6.89. The molecule has 0 amide bonds. The van der Waals surface area contributed by atoms with Crippen LogP contribution in [0.25, 0.3) is 0 Å². The van der Waals surface area contributed by atoms with Crippen molar-refractivity contribution in [3.05, 3.63) is 0 Å². The smallest absolute Gasteiger partial charge is 0.0330 e. The number of rotatable bonds is 6. The van der Waals surface area contributed by atoms with E-state index in [0.717, 1.165) is 5.92 Å². The van der Waals surface area contributed by atoms with Gasteiger partial charge in [0, 0.05) is 18.6 Å². The van der Waals surface area contributed by atoms with Crippen LogP contribution in [0, 0.1) is 11.3 Å². The molecule has 1 heterocycles. The first-order valence-corrected chi connectivity index (χ1v) is 8.42. The van der Waals surface area contributed by atoms with E-state index in [1.807, 2.05) is 0 Å². The van der Waals surface area contributed by atoms with E-state index in [9.17, 15) is 0 Å². The maximum absolute atomic E-state index is 3.58. The van der Waals surface area contributed by atoms with Gasteiger partial charge in [-0.3, -0.25) is 0 Å². The second-order valence-electron chi connectivity index (χ2n) is 8.18. The van der Waals surface area contributed by atoms with Crippen molar-refractivity contribution in [2.45, 2.75) is 51.5 Å². The Morgan fingerprint density at radius 3 is 2.30 bits per heavy atom. The third kappa shape index (κ3) is 3.55. The van der Waals surface area contributed by atoms with Crippen molar-refractivity contribution in [3.63, 3.8) is 0 Å². The van der Waals surface area contributed by atoms with Crippen LogP contribution in [0.5, 0.6) is 0 Å². The fraction of sp³-hybridized carbons (Fsp3) is 1.00. The van der Waals surface area contributed by atoms with Gasteiger partial charge in [-0.25, -0.2) is 0 Å². The van der Waals surface area contributed by atoms with Crippen molar-refractivity contribution < 1.29 is 0 Å². The molecule has 0 aromatic carbocycles. The minimum Gasteiger partial charge on any atom is -0.316 e. The highest BCUT2D eigenvalue weighted by Crippen LogP contribution is 2.38. The van der Waals surface area contributed by atoms with Crippen LogP contribution < -0.4 is 5.32 Å². The molecule has 1 atom stereocenters. The van der Waals surface area contributed by atoms with Gasteiger partial charge in [0.25, 0.3) is 0 Å². The van der Waals surface area contributed by atoms with E-state index >= 15 is 0 Å². The topological polar surface area (TPSA) is 18.5 Å². The van der Waals surface area contributed by atoms with Crippen LogP contribution in [0.2, 0.25) is 0 Å². The molecule has 3 nitrogen and oxygen atoms in total. The summed E-state index contributed by atoms with van der Waals surface area (Å²) >= 11 is 0. The summed E-state index contributed by atoms with van der Waals surface area (Å²) in [6, 6.07) is 0. The summed E-state index contributed by atoms with van der Waals surface area (Å²) in [4.78, 5) is 5.05. The van der Waals surface area contributed by atoms with E-state index in [-0.39, 0.29) is 0 Å². The lowest BCUT2D eigenvalue weighted by molar-refractivity contribution is 0.0104. The lowest BCUT2D eigenvalue weighted by Gasteiger charge is -2.50. The van der Waals surface area contributed by atoms with E-state index in [0.29, 0.717) is 11.0 Å². The molecule has 2 aliphatic rings. The molecule has 118 valence electrons. The first kappa shape index (κ1) is 16.3. The molecule has 0 aromatic rings. The molecular formula is C17H35N3. The molecular weight excluding hydrogens is 246 g/mol. The molecule has 0 bridgehead atoms. The van der Waals surface area contributed by atoms with Gasteiger partial charge in [-0.05, 0) is 77.7 Å². The Morgan fingerprint density at radius 2 is 1.85 bits per heavy atom. The molecule has 0 spiro atoms. The summed E-state index contributed by atoms with van der Waals surface area (Å²) in [6.45, 7) is 9.79. The van der Waals surface area contributed by atoms with Crippen molar-refractivity contribution in [3.8, 4) is 0 Å². The van der Waals surface area contributed by atoms with Crippen molar-refractivity contribution >= 4 is 0 Å². The van der Waals surface area contributed by atoms with E-state index in [1.165, 1.54) is 58.3 Å². The van der Waals surface area contributed by atoms with Gasteiger partial charge >= 0.3 is 0 Å². The van der Waals surface area contributed by atoms with Crippen molar-refractivity contribution in [1.29, 1.82) is 0 Å². The first-order chi connectivity index (χ1) is 9.36. The van der Waals surface area contributed by atoms with Gasteiger partial charge in [-0.1, -0.05) is 13.8 Å². The summed E-state index contributed by atoms with van der Waals surface area (Å²) in [5.74, 6) is 0.829.